The summed E-state index contributed by atoms with van der Waals surface area (Å²) in [5, 5.41) is 58.5. The third kappa shape index (κ3) is 6.17. The number of aliphatic carboxylic acids is 1. The topological polar surface area (TPSA) is 188 Å². The molecule has 1 aromatic rings. The summed E-state index contributed by atoms with van der Waals surface area (Å²) in [6.45, 7) is 1.50. The first-order chi connectivity index (χ1) is 16.2. The van der Waals surface area contributed by atoms with E-state index in [1.807, 2.05) is 0 Å². The normalized spacial score (nSPS) is 31.3. The van der Waals surface area contributed by atoms with Gasteiger partial charge in [-0.25, -0.2) is 4.79 Å². The quantitative estimate of drug-likeness (QED) is 0.201. The van der Waals surface area contributed by atoms with Crippen molar-refractivity contribution in [3.8, 4) is 11.5 Å². The van der Waals surface area contributed by atoms with E-state index in [4.69, 9.17) is 24.1 Å². The molecule has 0 aromatic heterocycles. The van der Waals surface area contributed by atoms with Gasteiger partial charge in [0, 0.05) is 17.4 Å². The van der Waals surface area contributed by atoms with Crippen LogP contribution >= 0.6 is 11.8 Å². The molecule has 3 rings (SSSR count). The van der Waals surface area contributed by atoms with Gasteiger partial charge in [-0.15, -0.1) is 11.8 Å². The number of carbonyl (C=O) groups is 1. The summed E-state index contributed by atoms with van der Waals surface area (Å²) in [6.07, 6.45) is -6.68. The van der Waals surface area contributed by atoms with E-state index >= 15 is 0 Å². The zero-order valence-electron chi connectivity index (χ0n) is 18.4. The summed E-state index contributed by atoms with van der Waals surface area (Å²) in [4.78, 5) is 15.6. The van der Waals surface area contributed by atoms with Gasteiger partial charge < -0.3 is 49.6 Å². The van der Waals surface area contributed by atoms with Crippen LogP contribution in [0.2, 0.25) is 0 Å². The minimum atomic E-state index is -1.51. The van der Waals surface area contributed by atoms with Crippen LogP contribution in [0.25, 0.3) is 0 Å². The van der Waals surface area contributed by atoms with E-state index in [-0.39, 0.29) is 37.9 Å². The van der Waals surface area contributed by atoms with Gasteiger partial charge in [0.15, 0.2) is 11.8 Å². The van der Waals surface area contributed by atoms with E-state index in [2.05, 4.69) is 4.99 Å². The van der Waals surface area contributed by atoms with Crippen LogP contribution in [0.3, 0.4) is 0 Å². The summed E-state index contributed by atoms with van der Waals surface area (Å²) < 4.78 is 21.4. The number of aliphatic hydroxyl groups excluding tert-OH is 4. The molecule has 6 atom stereocenters. The number of aromatic hydroxyl groups is 1. The van der Waals surface area contributed by atoms with Crippen molar-refractivity contribution in [1.82, 2.24) is 0 Å². The van der Waals surface area contributed by atoms with Crippen molar-refractivity contribution in [2.24, 2.45) is 4.99 Å². The molecule has 13 heteroatoms. The lowest BCUT2D eigenvalue weighted by Gasteiger charge is -2.39. The van der Waals surface area contributed by atoms with Crippen LogP contribution < -0.4 is 4.74 Å². The highest BCUT2D eigenvalue weighted by Crippen LogP contribution is 2.35. The predicted molar refractivity (Wildman–Crippen MR) is 119 cm³/mol. The summed E-state index contributed by atoms with van der Waals surface area (Å²) in [7, 11) is 0. The number of hydrogen-bond acceptors (Lipinski definition) is 12. The molecule has 0 amide bonds. The van der Waals surface area contributed by atoms with Crippen molar-refractivity contribution in [1.29, 1.82) is 0 Å². The maximum atomic E-state index is 11.3. The van der Waals surface area contributed by atoms with Gasteiger partial charge in [-0.05, 0) is 19.1 Å². The lowest BCUT2D eigenvalue weighted by molar-refractivity contribution is -0.302. The van der Waals surface area contributed by atoms with Crippen molar-refractivity contribution >= 4 is 22.8 Å². The second kappa shape index (κ2) is 11.6. The number of aliphatic hydroxyl groups is 4. The Kier molecular flexibility index (Phi) is 9.12. The number of thioether (sulfide) groups is 1. The number of phenolic OH excluding ortho intramolecular Hbond substituents is 1. The molecule has 2 heterocycles. The molecule has 0 aliphatic carbocycles. The number of phenols is 1. The fourth-order valence-corrected chi connectivity index (χ4v) is 4.48. The molecule has 0 bridgehead atoms. The third-order valence-electron chi connectivity index (χ3n) is 5.35. The number of benzene rings is 1. The van der Waals surface area contributed by atoms with E-state index < -0.39 is 48.8 Å². The Hall–Kier alpha value is -1.97. The first-order valence-electron chi connectivity index (χ1n) is 10.6. The highest BCUT2D eigenvalue weighted by molar-refractivity contribution is 8.14. The second-order valence-corrected chi connectivity index (χ2v) is 8.96. The standard InChI is InChI=1S/C21H29NO11S/c1-21(20(28)29)10-34-18(22-21)12-3-2-11(8-13(12)24)31-6-4-30-5-7-32-19-17(27)16(26)15(25)14(9-23)33-19/h2-3,8,14-17,19,23-27H,4-7,9-10H2,1H3,(H,28,29)/t14?,15-,16+,17?,19-,21+/m0/s1. The lowest BCUT2D eigenvalue weighted by atomic mass is 9.99. The summed E-state index contributed by atoms with van der Waals surface area (Å²) in [5.74, 6) is -0.417. The van der Waals surface area contributed by atoms with Crippen molar-refractivity contribution in [2.45, 2.75) is 43.2 Å². The van der Waals surface area contributed by atoms with Gasteiger partial charge in [-0.1, -0.05) is 0 Å². The van der Waals surface area contributed by atoms with Gasteiger partial charge in [0.25, 0.3) is 0 Å². The van der Waals surface area contributed by atoms with E-state index in [9.17, 15) is 30.3 Å². The van der Waals surface area contributed by atoms with Crippen LogP contribution in [0.15, 0.2) is 23.2 Å². The molecule has 34 heavy (non-hydrogen) atoms. The van der Waals surface area contributed by atoms with Crippen LogP contribution in [0.5, 0.6) is 11.5 Å². The van der Waals surface area contributed by atoms with E-state index in [1.165, 1.54) is 24.8 Å². The lowest BCUT2D eigenvalue weighted by Crippen LogP contribution is -2.59. The van der Waals surface area contributed by atoms with Crippen molar-refractivity contribution < 1.29 is 54.4 Å². The fourth-order valence-electron chi connectivity index (χ4n) is 3.28. The Labute approximate surface area is 199 Å². The maximum Gasteiger partial charge on any atom is 0.332 e. The maximum absolute atomic E-state index is 11.3. The number of nitrogens with zero attached hydrogens (tertiary/aromatic N) is 1. The molecule has 1 aromatic carbocycles. The molecule has 0 radical (unpaired) electrons. The van der Waals surface area contributed by atoms with E-state index in [1.54, 1.807) is 12.1 Å². The molecule has 2 aliphatic rings. The van der Waals surface area contributed by atoms with Crippen LogP contribution in [0.4, 0.5) is 0 Å². The van der Waals surface area contributed by atoms with Crippen LogP contribution in [0, 0.1) is 0 Å². The minimum Gasteiger partial charge on any atom is -0.507 e. The molecular formula is C21H29NO11S. The summed E-state index contributed by atoms with van der Waals surface area (Å²) in [6, 6.07) is 4.66. The Bertz CT molecular complexity index is 882. The largest absolute Gasteiger partial charge is 0.507 e. The fraction of sp³-hybridized carbons (Fsp3) is 0.619. The Morgan fingerprint density at radius 1 is 1.18 bits per heavy atom. The van der Waals surface area contributed by atoms with Crippen molar-refractivity contribution in [3.63, 3.8) is 0 Å². The Balaban J connectivity index is 1.37. The monoisotopic (exact) mass is 503 g/mol. The van der Waals surface area contributed by atoms with Crippen molar-refractivity contribution in [2.75, 3.05) is 38.8 Å². The highest BCUT2D eigenvalue weighted by atomic mass is 32.2. The van der Waals surface area contributed by atoms with Gasteiger partial charge in [-0.2, -0.15) is 0 Å². The SMILES string of the molecule is C[C@]1(C(=O)O)CSC(c2ccc(OCCOCCO[C@H]3OC(CO)[C@H](O)[C@@H](O)C3O)cc2O)=N1. The predicted octanol–water partition coefficient (Wildman–Crippen LogP) is -1.06. The number of rotatable bonds is 11. The number of aliphatic imine (C=N–C) groups is 1. The molecule has 12 nitrogen and oxygen atoms in total. The zero-order chi connectivity index (χ0) is 24.9. The number of hydrogen-bond donors (Lipinski definition) is 6. The highest BCUT2D eigenvalue weighted by Gasteiger charge is 2.44. The molecule has 2 aliphatic heterocycles. The number of ether oxygens (including phenoxy) is 4. The minimum absolute atomic E-state index is 0.0210. The van der Waals surface area contributed by atoms with Crippen LogP contribution in [-0.4, -0.2) is 117 Å². The first-order valence-corrected chi connectivity index (χ1v) is 11.6. The van der Waals surface area contributed by atoms with E-state index in [0.717, 1.165) is 0 Å². The van der Waals surface area contributed by atoms with E-state index in [0.29, 0.717) is 16.4 Å². The second-order valence-electron chi connectivity index (χ2n) is 7.99. The zero-order valence-corrected chi connectivity index (χ0v) is 19.3. The number of carboxylic acids is 1. The summed E-state index contributed by atoms with van der Waals surface area (Å²) in [5.41, 5.74) is -0.783. The van der Waals surface area contributed by atoms with Gasteiger partial charge >= 0.3 is 5.97 Å². The molecule has 190 valence electrons. The molecule has 2 unspecified atom stereocenters. The van der Waals surface area contributed by atoms with Crippen LogP contribution in [-0.2, 0) is 19.0 Å². The molecule has 1 saturated heterocycles. The van der Waals surface area contributed by atoms with Crippen LogP contribution in [0.1, 0.15) is 12.5 Å². The van der Waals surface area contributed by atoms with Gasteiger partial charge in [-0.3, -0.25) is 4.99 Å². The average Bonchev–Trinajstić information content (AvgIpc) is 3.21. The first kappa shape index (κ1) is 26.6. The van der Waals surface area contributed by atoms with Gasteiger partial charge in [0.2, 0.25) is 0 Å². The molecular weight excluding hydrogens is 474 g/mol. The molecule has 6 N–H and O–H groups in total. The molecule has 0 saturated carbocycles. The molecule has 1 fully saturated rings. The van der Waals surface area contributed by atoms with Crippen molar-refractivity contribution in [3.05, 3.63) is 23.8 Å². The average molecular weight is 504 g/mol. The Morgan fingerprint density at radius 3 is 2.56 bits per heavy atom. The summed E-state index contributed by atoms with van der Waals surface area (Å²) >= 11 is 1.26. The Morgan fingerprint density at radius 2 is 1.91 bits per heavy atom. The number of carboxylic acid groups (broad SMARTS) is 1. The third-order valence-corrected chi connectivity index (χ3v) is 6.64. The van der Waals surface area contributed by atoms with Gasteiger partial charge in [0.1, 0.15) is 47.6 Å². The van der Waals surface area contributed by atoms with Gasteiger partial charge in [0.05, 0.1) is 26.4 Å². The molecule has 0 spiro atoms. The smallest absolute Gasteiger partial charge is 0.332 e.